The molecule has 0 aliphatic carbocycles. The lowest BCUT2D eigenvalue weighted by molar-refractivity contribution is 0.590. The highest BCUT2D eigenvalue weighted by molar-refractivity contribution is 7.92. The van der Waals surface area contributed by atoms with Gasteiger partial charge in [-0.1, -0.05) is 59.1 Å². The predicted octanol–water partition coefficient (Wildman–Crippen LogP) is 6.01. The van der Waals surface area contributed by atoms with E-state index in [0.717, 1.165) is 16.7 Å². The molecular formula is C21H19Cl2NO2S. The van der Waals surface area contributed by atoms with E-state index in [4.69, 9.17) is 23.2 Å². The first-order valence-electron chi connectivity index (χ1n) is 8.37. The molecule has 0 aliphatic heterocycles. The lowest BCUT2D eigenvalue weighted by Crippen LogP contribution is -2.30. The smallest absolute Gasteiger partial charge is 0.262 e. The number of anilines is 1. The quantitative estimate of drug-likeness (QED) is 0.507. The second kappa shape index (κ2) is 7.93. The van der Waals surface area contributed by atoms with E-state index >= 15 is 0 Å². The van der Waals surface area contributed by atoms with Gasteiger partial charge in [0, 0.05) is 0 Å². The summed E-state index contributed by atoms with van der Waals surface area (Å²) in [5, 5.41) is 0.829. The average molecular weight is 420 g/mol. The molecule has 0 saturated carbocycles. The standard InChI is InChI=1S/C21H19Cl2NO2S/c1-15-6-9-19(10-7-15)27(25,26)24(18-5-3-4-16(2)12-18)14-17-8-11-20(22)21(23)13-17/h3-13H,14H2,1-2H3. The second-order valence-electron chi connectivity index (χ2n) is 6.41. The summed E-state index contributed by atoms with van der Waals surface area (Å²) in [7, 11) is -3.75. The molecule has 0 saturated heterocycles. The van der Waals surface area contributed by atoms with Gasteiger partial charge in [0.2, 0.25) is 0 Å². The minimum Gasteiger partial charge on any atom is -0.262 e. The van der Waals surface area contributed by atoms with E-state index in [2.05, 4.69) is 0 Å². The van der Waals surface area contributed by atoms with Gasteiger partial charge in [0.05, 0.1) is 27.2 Å². The fourth-order valence-corrected chi connectivity index (χ4v) is 4.50. The summed E-state index contributed by atoms with van der Waals surface area (Å²) in [6, 6.07) is 19.4. The van der Waals surface area contributed by atoms with Crippen molar-refractivity contribution in [2.24, 2.45) is 0 Å². The third kappa shape index (κ3) is 4.46. The molecule has 27 heavy (non-hydrogen) atoms. The molecule has 0 aliphatic rings. The number of rotatable bonds is 5. The molecule has 3 aromatic rings. The van der Waals surface area contributed by atoms with Crippen molar-refractivity contribution >= 4 is 38.9 Å². The number of hydrogen-bond donors (Lipinski definition) is 0. The summed E-state index contributed by atoms with van der Waals surface area (Å²) in [5.41, 5.74) is 3.33. The summed E-state index contributed by atoms with van der Waals surface area (Å²) < 4.78 is 28.2. The lowest BCUT2D eigenvalue weighted by atomic mass is 10.2. The molecule has 6 heteroatoms. The molecule has 0 unspecified atom stereocenters. The fourth-order valence-electron chi connectivity index (χ4n) is 2.74. The number of sulfonamides is 1. The Balaban J connectivity index is 2.09. The number of hydrogen-bond acceptors (Lipinski definition) is 2. The third-order valence-corrected chi connectivity index (χ3v) is 6.74. The zero-order chi connectivity index (χ0) is 19.6. The minimum absolute atomic E-state index is 0.149. The molecule has 140 valence electrons. The van der Waals surface area contributed by atoms with Crippen molar-refractivity contribution < 1.29 is 8.42 Å². The number of nitrogens with zero attached hydrogens (tertiary/aromatic N) is 1. The summed E-state index contributed by atoms with van der Waals surface area (Å²) in [6.45, 7) is 4.00. The zero-order valence-corrected chi connectivity index (χ0v) is 17.3. The van der Waals surface area contributed by atoms with Gasteiger partial charge >= 0.3 is 0 Å². The first kappa shape index (κ1) is 19.7. The van der Waals surface area contributed by atoms with Crippen LogP contribution in [0.4, 0.5) is 5.69 Å². The predicted molar refractivity (Wildman–Crippen MR) is 112 cm³/mol. The van der Waals surface area contributed by atoms with Gasteiger partial charge in [0.25, 0.3) is 10.0 Å². The van der Waals surface area contributed by atoms with Crippen molar-refractivity contribution in [3.8, 4) is 0 Å². The van der Waals surface area contributed by atoms with Gasteiger partial charge < -0.3 is 0 Å². The molecule has 3 aromatic carbocycles. The fraction of sp³-hybridized carbons (Fsp3) is 0.143. The SMILES string of the molecule is Cc1ccc(S(=O)(=O)N(Cc2ccc(Cl)c(Cl)c2)c2cccc(C)c2)cc1. The maximum Gasteiger partial charge on any atom is 0.264 e. The summed E-state index contributed by atoms with van der Waals surface area (Å²) in [4.78, 5) is 0.245. The van der Waals surface area contributed by atoms with Crippen molar-refractivity contribution in [3.63, 3.8) is 0 Å². The largest absolute Gasteiger partial charge is 0.264 e. The van der Waals surface area contributed by atoms with Crippen LogP contribution in [0.2, 0.25) is 10.0 Å². The summed E-state index contributed by atoms with van der Waals surface area (Å²) >= 11 is 12.1. The molecule has 0 heterocycles. The average Bonchev–Trinajstić information content (AvgIpc) is 2.63. The second-order valence-corrected chi connectivity index (χ2v) is 9.09. The van der Waals surface area contributed by atoms with E-state index in [9.17, 15) is 8.42 Å². The Bertz CT molecular complexity index is 1060. The van der Waals surface area contributed by atoms with E-state index in [0.29, 0.717) is 15.7 Å². The van der Waals surface area contributed by atoms with Crippen molar-refractivity contribution in [1.82, 2.24) is 0 Å². The van der Waals surface area contributed by atoms with E-state index in [-0.39, 0.29) is 11.4 Å². The first-order chi connectivity index (χ1) is 12.8. The normalized spacial score (nSPS) is 11.4. The van der Waals surface area contributed by atoms with E-state index < -0.39 is 10.0 Å². The molecule has 0 N–H and O–H groups in total. The van der Waals surface area contributed by atoms with Gasteiger partial charge in [-0.2, -0.15) is 0 Å². The summed E-state index contributed by atoms with van der Waals surface area (Å²) in [5.74, 6) is 0. The molecule has 3 nitrogen and oxygen atoms in total. The Morgan fingerprint density at radius 3 is 2.15 bits per heavy atom. The topological polar surface area (TPSA) is 37.4 Å². The Morgan fingerprint density at radius 1 is 0.815 bits per heavy atom. The Labute approximate surface area is 170 Å². The van der Waals surface area contributed by atoms with Crippen molar-refractivity contribution in [2.75, 3.05) is 4.31 Å². The monoisotopic (exact) mass is 419 g/mol. The van der Waals surface area contributed by atoms with Crippen LogP contribution in [0.1, 0.15) is 16.7 Å². The van der Waals surface area contributed by atoms with E-state index in [1.54, 1.807) is 48.5 Å². The van der Waals surface area contributed by atoms with Crippen LogP contribution in [-0.2, 0) is 16.6 Å². The van der Waals surface area contributed by atoms with Crippen LogP contribution in [0.5, 0.6) is 0 Å². The van der Waals surface area contributed by atoms with Gasteiger partial charge in [-0.15, -0.1) is 0 Å². The van der Waals surface area contributed by atoms with Crippen LogP contribution in [-0.4, -0.2) is 8.42 Å². The van der Waals surface area contributed by atoms with Crippen LogP contribution >= 0.6 is 23.2 Å². The van der Waals surface area contributed by atoms with Gasteiger partial charge in [-0.3, -0.25) is 4.31 Å². The molecule has 0 fully saturated rings. The third-order valence-electron chi connectivity index (χ3n) is 4.21. The summed E-state index contributed by atoms with van der Waals surface area (Å²) in [6.07, 6.45) is 0. The maximum absolute atomic E-state index is 13.4. The lowest BCUT2D eigenvalue weighted by Gasteiger charge is -2.25. The van der Waals surface area contributed by atoms with Gasteiger partial charge in [0.15, 0.2) is 0 Å². The van der Waals surface area contributed by atoms with Crippen LogP contribution in [0.15, 0.2) is 71.6 Å². The van der Waals surface area contributed by atoms with Crippen LogP contribution in [0.25, 0.3) is 0 Å². The highest BCUT2D eigenvalue weighted by Crippen LogP contribution is 2.29. The first-order valence-corrected chi connectivity index (χ1v) is 10.6. The highest BCUT2D eigenvalue weighted by Gasteiger charge is 2.25. The Kier molecular flexibility index (Phi) is 5.80. The number of benzene rings is 3. The molecule has 0 aromatic heterocycles. The molecule has 3 rings (SSSR count). The van der Waals surface area contributed by atoms with Crippen LogP contribution in [0.3, 0.4) is 0 Å². The van der Waals surface area contributed by atoms with Crippen molar-refractivity contribution in [2.45, 2.75) is 25.3 Å². The van der Waals surface area contributed by atoms with Gasteiger partial charge in [-0.05, 0) is 61.4 Å². The van der Waals surface area contributed by atoms with Crippen molar-refractivity contribution in [3.05, 3.63) is 93.5 Å². The van der Waals surface area contributed by atoms with E-state index in [1.165, 1.54) is 4.31 Å². The van der Waals surface area contributed by atoms with Crippen LogP contribution in [0, 0.1) is 13.8 Å². The highest BCUT2D eigenvalue weighted by atomic mass is 35.5. The molecule has 0 radical (unpaired) electrons. The Morgan fingerprint density at radius 2 is 1.52 bits per heavy atom. The maximum atomic E-state index is 13.4. The minimum atomic E-state index is -3.75. The number of aryl methyl sites for hydroxylation is 2. The molecule has 0 amide bonds. The molecule has 0 spiro atoms. The molecular weight excluding hydrogens is 401 g/mol. The molecule has 0 atom stereocenters. The molecule has 0 bridgehead atoms. The van der Waals surface area contributed by atoms with Gasteiger partial charge in [0.1, 0.15) is 0 Å². The Hall–Kier alpha value is -2.01. The van der Waals surface area contributed by atoms with E-state index in [1.807, 2.05) is 32.0 Å². The zero-order valence-electron chi connectivity index (χ0n) is 15.0. The van der Waals surface area contributed by atoms with Gasteiger partial charge in [-0.25, -0.2) is 8.42 Å². The van der Waals surface area contributed by atoms with Crippen molar-refractivity contribution in [1.29, 1.82) is 0 Å². The number of halogens is 2. The van der Waals surface area contributed by atoms with Crippen LogP contribution < -0.4 is 4.31 Å².